The molecule has 0 unspecified atom stereocenters. The van der Waals surface area contributed by atoms with E-state index in [4.69, 9.17) is 14.5 Å². The van der Waals surface area contributed by atoms with Gasteiger partial charge in [0.1, 0.15) is 11.4 Å². The molecule has 7 nitrogen and oxygen atoms in total. The Morgan fingerprint density at radius 1 is 1.11 bits per heavy atom. The highest BCUT2D eigenvalue weighted by atomic mass is 32.2. The number of amidine groups is 1. The van der Waals surface area contributed by atoms with Gasteiger partial charge >= 0.3 is 0 Å². The molecule has 2 heterocycles. The molecule has 1 saturated heterocycles. The topological polar surface area (TPSA) is 71.4 Å². The molecule has 2 aliphatic heterocycles. The Morgan fingerprint density at radius 2 is 1.80 bits per heavy atom. The fourth-order valence-corrected chi connectivity index (χ4v) is 4.99. The number of anilines is 1. The van der Waals surface area contributed by atoms with Gasteiger partial charge in [-0.2, -0.15) is 0 Å². The summed E-state index contributed by atoms with van der Waals surface area (Å²) in [6.45, 7) is 8.22. The Bertz CT molecular complexity index is 1090. The summed E-state index contributed by atoms with van der Waals surface area (Å²) in [6, 6.07) is 17.0. The maximum Gasteiger partial charge on any atom is 0.283 e. The standard InChI is InChI=1S/C27H31N3O4S/c1-4-24(26(32)29-14-16-33-17-15-29)35-27-28-23(25(31)30(27)21-8-6-5-7-9-21)18-20-10-12-22(13-11-20)34-19(2)3/h5-13,18-19,24H,4,14-17H2,1-3H3/b23-18+/t24-/m0/s1. The number of carbonyl (C=O) groups is 2. The molecular formula is C27H31N3O4S. The Morgan fingerprint density at radius 3 is 2.43 bits per heavy atom. The Labute approximate surface area is 210 Å². The lowest BCUT2D eigenvalue weighted by atomic mass is 10.2. The number of hydrogen-bond acceptors (Lipinski definition) is 6. The van der Waals surface area contributed by atoms with Gasteiger partial charge < -0.3 is 14.4 Å². The molecule has 0 N–H and O–H groups in total. The van der Waals surface area contributed by atoms with E-state index in [2.05, 4.69) is 0 Å². The highest BCUT2D eigenvalue weighted by molar-refractivity contribution is 8.15. The zero-order chi connectivity index (χ0) is 24.8. The first-order chi connectivity index (χ1) is 17.0. The van der Waals surface area contributed by atoms with Crippen molar-refractivity contribution in [2.45, 2.75) is 38.5 Å². The van der Waals surface area contributed by atoms with Gasteiger partial charge in [-0.1, -0.05) is 49.0 Å². The van der Waals surface area contributed by atoms with Crippen LogP contribution in [0.25, 0.3) is 6.08 Å². The lowest BCUT2D eigenvalue weighted by molar-refractivity contribution is -0.134. The monoisotopic (exact) mass is 493 g/mol. The van der Waals surface area contributed by atoms with Crippen LogP contribution < -0.4 is 9.64 Å². The van der Waals surface area contributed by atoms with Crippen LogP contribution in [0.4, 0.5) is 5.69 Å². The zero-order valence-electron chi connectivity index (χ0n) is 20.3. The van der Waals surface area contributed by atoms with Gasteiger partial charge in [-0.05, 0) is 56.2 Å². The molecular weight excluding hydrogens is 462 g/mol. The summed E-state index contributed by atoms with van der Waals surface area (Å²) in [5.41, 5.74) is 1.91. The number of nitrogens with zero attached hydrogens (tertiary/aromatic N) is 3. The number of rotatable bonds is 7. The summed E-state index contributed by atoms with van der Waals surface area (Å²) in [6.07, 6.45) is 2.49. The second-order valence-electron chi connectivity index (χ2n) is 8.59. The molecule has 4 rings (SSSR count). The number of benzene rings is 2. The quantitative estimate of drug-likeness (QED) is 0.528. The summed E-state index contributed by atoms with van der Waals surface area (Å²) >= 11 is 1.35. The van der Waals surface area contributed by atoms with Gasteiger partial charge in [-0.3, -0.25) is 14.5 Å². The molecule has 0 bridgehead atoms. The molecule has 0 saturated carbocycles. The molecule has 8 heteroatoms. The van der Waals surface area contributed by atoms with Crippen molar-refractivity contribution in [1.82, 2.24) is 4.90 Å². The van der Waals surface area contributed by atoms with Gasteiger partial charge in [0, 0.05) is 13.1 Å². The lowest BCUT2D eigenvalue weighted by Gasteiger charge is -2.30. The van der Waals surface area contributed by atoms with E-state index < -0.39 is 0 Å². The van der Waals surface area contributed by atoms with Gasteiger partial charge in [-0.15, -0.1) is 0 Å². The van der Waals surface area contributed by atoms with E-state index in [0.717, 1.165) is 17.0 Å². The van der Waals surface area contributed by atoms with Crippen LogP contribution in [-0.4, -0.2) is 59.5 Å². The minimum absolute atomic E-state index is 0.0575. The first kappa shape index (κ1) is 25.0. The Balaban J connectivity index is 1.61. The maximum absolute atomic E-state index is 13.5. The number of aliphatic imine (C=N–C) groups is 1. The Hall–Kier alpha value is -3.10. The van der Waals surface area contributed by atoms with Crippen molar-refractivity contribution in [2.75, 3.05) is 31.2 Å². The third kappa shape index (κ3) is 6.13. The number of ether oxygens (including phenoxy) is 2. The molecule has 184 valence electrons. The summed E-state index contributed by atoms with van der Waals surface area (Å²) in [5.74, 6) is 0.620. The summed E-state index contributed by atoms with van der Waals surface area (Å²) in [4.78, 5) is 34.8. The Kier molecular flexibility index (Phi) is 8.25. The van der Waals surface area contributed by atoms with Crippen molar-refractivity contribution in [3.8, 4) is 5.75 Å². The first-order valence-electron chi connectivity index (χ1n) is 12.0. The smallest absolute Gasteiger partial charge is 0.283 e. The third-order valence-electron chi connectivity index (χ3n) is 5.62. The molecule has 0 aromatic heterocycles. The van der Waals surface area contributed by atoms with Crippen molar-refractivity contribution in [1.29, 1.82) is 0 Å². The summed E-state index contributed by atoms with van der Waals surface area (Å²) in [7, 11) is 0. The van der Waals surface area contributed by atoms with Crippen LogP contribution in [0, 0.1) is 0 Å². The molecule has 0 aliphatic carbocycles. The molecule has 0 radical (unpaired) electrons. The number of amides is 2. The van der Waals surface area contributed by atoms with Crippen molar-refractivity contribution < 1.29 is 19.1 Å². The van der Waals surface area contributed by atoms with Crippen LogP contribution in [0.2, 0.25) is 0 Å². The second kappa shape index (κ2) is 11.6. The van der Waals surface area contributed by atoms with Gasteiger partial charge in [0.15, 0.2) is 5.17 Å². The number of thioether (sulfide) groups is 1. The van der Waals surface area contributed by atoms with Crippen molar-refractivity contribution in [3.05, 3.63) is 65.9 Å². The van der Waals surface area contributed by atoms with Crippen LogP contribution >= 0.6 is 11.8 Å². The second-order valence-corrected chi connectivity index (χ2v) is 9.76. The minimum atomic E-state index is -0.335. The third-order valence-corrected chi connectivity index (χ3v) is 6.92. The molecule has 2 aromatic carbocycles. The number of carbonyl (C=O) groups excluding carboxylic acids is 2. The molecule has 2 aromatic rings. The fourth-order valence-electron chi connectivity index (χ4n) is 3.88. The molecule has 1 fully saturated rings. The first-order valence-corrected chi connectivity index (χ1v) is 12.8. The van der Waals surface area contributed by atoms with Crippen LogP contribution in [0.5, 0.6) is 5.75 Å². The predicted octanol–water partition coefficient (Wildman–Crippen LogP) is 4.59. The summed E-state index contributed by atoms with van der Waals surface area (Å²) < 4.78 is 11.1. The van der Waals surface area contributed by atoms with E-state index in [0.29, 0.717) is 43.6 Å². The van der Waals surface area contributed by atoms with Crippen molar-refractivity contribution >= 4 is 40.5 Å². The predicted molar refractivity (Wildman–Crippen MR) is 141 cm³/mol. The van der Waals surface area contributed by atoms with Gasteiger partial charge in [0.25, 0.3) is 5.91 Å². The van der Waals surface area contributed by atoms with Gasteiger partial charge in [0.05, 0.1) is 30.3 Å². The van der Waals surface area contributed by atoms with E-state index in [-0.39, 0.29) is 23.2 Å². The molecule has 35 heavy (non-hydrogen) atoms. The molecule has 0 spiro atoms. The lowest BCUT2D eigenvalue weighted by Crippen LogP contribution is -2.45. The highest BCUT2D eigenvalue weighted by Crippen LogP contribution is 2.32. The van der Waals surface area contributed by atoms with Crippen molar-refractivity contribution in [3.63, 3.8) is 0 Å². The van der Waals surface area contributed by atoms with Gasteiger partial charge in [0.2, 0.25) is 5.91 Å². The molecule has 1 atom stereocenters. The van der Waals surface area contributed by atoms with E-state index in [9.17, 15) is 9.59 Å². The van der Waals surface area contributed by atoms with Crippen LogP contribution in [0.15, 0.2) is 65.3 Å². The maximum atomic E-state index is 13.5. The highest BCUT2D eigenvalue weighted by Gasteiger charge is 2.36. The summed E-state index contributed by atoms with van der Waals surface area (Å²) in [5, 5.41) is 0.179. The van der Waals surface area contributed by atoms with Crippen molar-refractivity contribution in [2.24, 2.45) is 4.99 Å². The average molecular weight is 494 g/mol. The SMILES string of the molecule is CC[C@H](SC1=N/C(=C/c2ccc(OC(C)C)cc2)C(=O)N1c1ccccc1)C(=O)N1CCOCC1. The normalized spacial score (nSPS) is 18.2. The largest absolute Gasteiger partial charge is 0.491 e. The van der Waals surface area contributed by atoms with Crippen LogP contribution in [-0.2, 0) is 14.3 Å². The van der Waals surface area contributed by atoms with E-state index >= 15 is 0 Å². The minimum Gasteiger partial charge on any atom is -0.491 e. The van der Waals surface area contributed by atoms with E-state index in [1.54, 1.807) is 11.0 Å². The molecule has 2 amide bonds. The average Bonchev–Trinajstić information content (AvgIpc) is 3.18. The number of hydrogen-bond donors (Lipinski definition) is 0. The van der Waals surface area contributed by atoms with Crippen LogP contribution in [0.1, 0.15) is 32.8 Å². The zero-order valence-corrected chi connectivity index (χ0v) is 21.2. The molecule has 2 aliphatic rings. The fraction of sp³-hybridized carbons (Fsp3) is 0.370. The van der Waals surface area contributed by atoms with Crippen LogP contribution in [0.3, 0.4) is 0 Å². The van der Waals surface area contributed by atoms with E-state index in [1.807, 2.05) is 80.3 Å². The van der Waals surface area contributed by atoms with E-state index in [1.165, 1.54) is 11.8 Å². The number of para-hydroxylation sites is 1. The number of morpholine rings is 1. The van der Waals surface area contributed by atoms with Gasteiger partial charge in [-0.25, -0.2) is 4.99 Å².